The van der Waals surface area contributed by atoms with Crippen LogP contribution >= 0.6 is 0 Å². The maximum Gasteiger partial charge on any atom is 0.244 e. The summed E-state index contributed by atoms with van der Waals surface area (Å²) in [5, 5.41) is 3.12. The van der Waals surface area contributed by atoms with Crippen LogP contribution in [0.1, 0.15) is 48.8 Å². The Hall–Kier alpha value is -2.97. The molecule has 0 aromatic heterocycles. The molecule has 0 saturated heterocycles. The number of carbonyl (C=O) groups is 1. The number of halogens is 1. The predicted octanol–water partition coefficient (Wildman–Crippen LogP) is 5.51. The zero-order valence-electron chi connectivity index (χ0n) is 18.4. The lowest BCUT2D eigenvalue weighted by Gasteiger charge is -2.33. The second kappa shape index (κ2) is 10.6. The summed E-state index contributed by atoms with van der Waals surface area (Å²) in [7, 11) is 0. The Morgan fingerprint density at radius 1 is 1.12 bits per heavy atom. The van der Waals surface area contributed by atoms with Crippen LogP contribution < -0.4 is 5.32 Å². The first-order valence-electron chi connectivity index (χ1n) is 11.5. The quantitative estimate of drug-likeness (QED) is 0.483. The van der Waals surface area contributed by atoms with E-state index in [1.807, 2.05) is 12.1 Å². The number of rotatable bonds is 6. The number of hydrogen-bond acceptors (Lipinski definition) is 2. The minimum absolute atomic E-state index is 0.0777. The third kappa shape index (κ3) is 6.05. The average molecular weight is 432 g/mol. The molecule has 1 N–H and O–H groups in total. The van der Waals surface area contributed by atoms with Crippen molar-refractivity contribution in [2.24, 2.45) is 5.92 Å². The molecule has 1 aliphatic heterocycles. The van der Waals surface area contributed by atoms with Gasteiger partial charge in [-0.3, -0.25) is 9.69 Å². The molecule has 0 unspecified atom stereocenters. The van der Waals surface area contributed by atoms with E-state index >= 15 is 0 Å². The van der Waals surface area contributed by atoms with E-state index in [4.69, 9.17) is 6.57 Å². The average Bonchev–Trinajstić information content (AvgIpc) is 2.83. The maximum atomic E-state index is 13.0. The van der Waals surface area contributed by atoms with Crippen LogP contribution in [0.3, 0.4) is 0 Å². The minimum Gasteiger partial charge on any atom is -0.350 e. The number of nitrogens with one attached hydrogen (secondary N) is 1. The van der Waals surface area contributed by atoms with Crippen molar-refractivity contribution >= 4 is 17.7 Å². The molecular weight excluding hydrogens is 401 g/mol. The van der Waals surface area contributed by atoms with Crippen LogP contribution in [-0.4, -0.2) is 29.9 Å². The molecule has 0 spiro atoms. The van der Waals surface area contributed by atoms with Crippen molar-refractivity contribution in [1.29, 1.82) is 0 Å². The van der Waals surface area contributed by atoms with Crippen LogP contribution in [0, 0.1) is 18.3 Å². The van der Waals surface area contributed by atoms with Crippen molar-refractivity contribution in [1.82, 2.24) is 10.2 Å². The fraction of sp³-hybridized carbons (Fsp3) is 0.407. The Morgan fingerprint density at radius 2 is 1.91 bits per heavy atom. The number of fused-ring (bicyclic) bond motifs is 1. The molecule has 2 aliphatic rings. The molecule has 1 amide bonds. The molecular formula is C27H30FN3O. The maximum absolute atomic E-state index is 13.0. The third-order valence-corrected chi connectivity index (χ3v) is 6.75. The van der Waals surface area contributed by atoms with Gasteiger partial charge in [-0.05, 0) is 80.3 Å². The van der Waals surface area contributed by atoms with Gasteiger partial charge in [-0.15, -0.1) is 0 Å². The summed E-state index contributed by atoms with van der Waals surface area (Å²) in [6.07, 6.45) is 9.88. The lowest BCUT2D eigenvalue weighted by molar-refractivity contribution is -0.117. The molecule has 1 fully saturated rings. The van der Waals surface area contributed by atoms with Gasteiger partial charge in [0.15, 0.2) is 5.69 Å². The lowest BCUT2D eigenvalue weighted by atomic mass is 9.84. The van der Waals surface area contributed by atoms with E-state index < -0.39 is 0 Å². The molecule has 1 heterocycles. The smallest absolute Gasteiger partial charge is 0.244 e. The Kier molecular flexibility index (Phi) is 7.34. The van der Waals surface area contributed by atoms with E-state index in [-0.39, 0.29) is 17.8 Å². The molecule has 0 radical (unpaired) electrons. The standard InChI is InChI=1S/C27H30FN3O/c1-29-26-12-7-23-19-31(17-15-22(23)18-26)16-14-21-4-10-25(11-5-21)30-27(32)13-6-20-2-8-24(28)9-3-20/h2-3,6-9,12-13,18,21,25H,4-5,10-11,14-17,19H2,(H,30,32). The summed E-state index contributed by atoms with van der Waals surface area (Å²) in [5.41, 5.74) is 4.26. The second-order valence-corrected chi connectivity index (χ2v) is 8.99. The Balaban J connectivity index is 1.16. The Labute approximate surface area is 190 Å². The summed E-state index contributed by atoms with van der Waals surface area (Å²) in [5.74, 6) is 0.374. The number of nitrogens with zero attached hydrogens (tertiary/aromatic N) is 2. The van der Waals surface area contributed by atoms with Gasteiger partial charge < -0.3 is 5.32 Å². The van der Waals surface area contributed by atoms with Crippen LogP contribution in [0.2, 0.25) is 0 Å². The van der Waals surface area contributed by atoms with Crippen LogP contribution in [0.15, 0.2) is 48.5 Å². The zero-order valence-corrected chi connectivity index (χ0v) is 18.4. The molecule has 166 valence electrons. The van der Waals surface area contributed by atoms with Crippen molar-refractivity contribution in [2.75, 3.05) is 13.1 Å². The number of benzene rings is 2. The summed E-state index contributed by atoms with van der Waals surface area (Å²) in [6, 6.07) is 12.5. The van der Waals surface area contributed by atoms with Gasteiger partial charge in [-0.2, -0.15) is 0 Å². The first kappa shape index (κ1) is 22.2. The van der Waals surface area contributed by atoms with Gasteiger partial charge in [-0.1, -0.05) is 35.9 Å². The van der Waals surface area contributed by atoms with Crippen molar-refractivity contribution < 1.29 is 9.18 Å². The Morgan fingerprint density at radius 3 is 2.66 bits per heavy atom. The van der Waals surface area contributed by atoms with Gasteiger partial charge in [-0.25, -0.2) is 9.24 Å². The van der Waals surface area contributed by atoms with Crippen LogP contribution in [-0.2, 0) is 17.8 Å². The minimum atomic E-state index is -0.274. The fourth-order valence-corrected chi connectivity index (χ4v) is 4.81. The highest BCUT2D eigenvalue weighted by atomic mass is 19.1. The molecule has 1 saturated carbocycles. The van der Waals surface area contributed by atoms with E-state index in [0.717, 1.165) is 68.9 Å². The largest absolute Gasteiger partial charge is 0.350 e. The molecule has 0 bridgehead atoms. The lowest BCUT2D eigenvalue weighted by Crippen LogP contribution is -2.37. The summed E-state index contributed by atoms with van der Waals surface area (Å²) in [6.45, 7) is 10.3. The fourth-order valence-electron chi connectivity index (χ4n) is 4.81. The van der Waals surface area contributed by atoms with Crippen molar-refractivity contribution in [3.63, 3.8) is 0 Å². The predicted molar refractivity (Wildman–Crippen MR) is 126 cm³/mol. The molecule has 0 atom stereocenters. The van der Waals surface area contributed by atoms with Crippen LogP contribution in [0.4, 0.5) is 10.1 Å². The van der Waals surface area contributed by atoms with E-state index in [1.165, 1.54) is 35.8 Å². The van der Waals surface area contributed by atoms with E-state index in [1.54, 1.807) is 18.2 Å². The highest BCUT2D eigenvalue weighted by molar-refractivity contribution is 5.91. The summed E-state index contributed by atoms with van der Waals surface area (Å²) >= 11 is 0. The van der Waals surface area contributed by atoms with Gasteiger partial charge in [0.1, 0.15) is 5.82 Å². The molecule has 5 heteroatoms. The van der Waals surface area contributed by atoms with Gasteiger partial charge in [0.2, 0.25) is 5.91 Å². The first-order chi connectivity index (χ1) is 15.6. The Bertz CT molecular complexity index is 1000. The van der Waals surface area contributed by atoms with Crippen LogP contribution in [0.5, 0.6) is 0 Å². The second-order valence-electron chi connectivity index (χ2n) is 8.99. The highest BCUT2D eigenvalue weighted by Crippen LogP contribution is 2.29. The number of carbonyl (C=O) groups excluding carboxylic acids is 1. The third-order valence-electron chi connectivity index (χ3n) is 6.75. The van der Waals surface area contributed by atoms with E-state index in [2.05, 4.69) is 21.1 Å². The molecule has 1 aliphatic carbocycles. The highest BCUT2D eigenvalue weighted by Gasteiger charge is 2.23. The monoisotopic (exact) mass is 431 g/mol. The van der Waals surface area contributed by atoms with Crippen molar-refractivity contribution in [3.8, 4) is 0 Å². The molecule has 2 aromatic rings. The van der Waals surface area contributed by atoms with Gasteiger partial charge >= 0.3 is 0 Å². The number of amides is 1. The van der Waals surface area contributed by atoms with E-state index in [9.17, 15) is 9.18 Å². The molecule has 4 nitrogen and oxygen atoms in total. The van der Waals surface area contributed by atoms with Crippen molar-refractivity contribution in [3.05, 3.63) is 82.5 Å². The zero-order chi connectivity index (χ0) is 22.3. The molecule has 4 rings (SSSR count). The van der Waals surface area contributed by atoms with Crippen molar-refractivity contribution in [2.45, 2.75) is 51.1 Å². The molecule has 2 aromatic carbocycles. The van der Waals surface area contributed by atoms with Gasteiger partial charge in [0.25, 0.3) is 0 Å². The number of hydrogen-bond donors (Lipinski definition) is 1. The van der Waals surface area contributed by atoms with E-state index in [0.29, 0.717) is 0 Å². The first-order valence-corrected chi connectivity index (χ1v) is 11.5. The summed E-state index contributed by atoms with van der Waals surface area (Å²) < 4.78 is 13.0. The normalized spacial score (nSPS) is 21.1. The van der Waals surface area contributed by atoms with Crippen LogP contribution in [0.25, 0.3) is 10.9 Å². The topological polar surface area (TPSA) is 36.7 Å². The SMILES string of the molecule is [C-]#[N+]c1ccc2c(c1)CCN(CCC1CCC(NC(=O)C=Cc3ccc(F)cc3)CC1)C2. The summed E-state index contributed by atoms with van der Waals surface area (Å²) in [4.78, 5) is 18.3. The van der Waals surface area contributed by atoms with Gasteiger partial charge in [0.05, 0.1) is 6.57 Å². The molecule has 32 heavy (non-hydrogen) atoms. The van der Waals surface area contributed by atoms with Gasteiger partial charge in [0, 0.05) is 25.2 Å².